The molecule has 0 spiro atoms. The lowest BCUT2D eigenvalue weighted by Gasteiger charge is -2.26. The highest BCUT2D eigenvalue weighted by molar-refractivity contribution is 5.79. The summed E-state index contributed by atoms with van der Waals surface area (Å²) in [5.74, 6) is -0.273. The smallest absolute Gasteiger partial charge is 0.339 e. The van der Waals surface area contributed by atoms with E-state index in [2.05, 4.69) is 4.90 Å². The van der Waals surface area contributed by atoms with E-state index in [0.717, 1.165) is 61.5 Å². The van der Waals surface area contributed by atoms with E-state index in [0.29, 0.717) is 30.6 Å². The highest BCUT2D eigenvalue weighted by Gasteiger charge is 2.21. The van der Waals surface area contributed by atoms with Gasteiger partial charge in [-0.2, -0.15) is 0 Å². The van der Waals surface area contributed by atoms with E-state index in [9.17, 15) is 14.8 Å². The Hall–Kier alpha value is -3.20. The SMILES string of the molecule is Cc1ccc2oc(=O)c(CC(CCc3ccc(OCCCN4CCOCC4)cc3)C(=O)NO)cc2c1. The molecule has 3 aromatic rings. The molecule has 4 rings (SSSR count). The number of hydroxylamine groups is 1. The van der Waals surface area contributed by atoms with E-state index < -0.39 is 17.5 Å². The Morgan fingerprint density at radius 1 is 1.14 bits per heavy atom. The Kier molecular flexibility index (Phi) is 9.11. The predicted octanol–water partition coefficient (Wildman–Crippen LogP) is 3.50. The van der Waals surface area contributed by atoms with Crippen molar-refractivity contribution in [2.75, 3.05) is 39.5 Å². The number of hydrogen-bond donors (Lipinski definition) is 2. The molecule has 1 aromatic heterocycles. The van der Waals surface area contributed by atoms with Gasteiger partial charge in [0.2, 0.25) is 5.91 Å². The van der Waals surface area contributed by atoms with Crippen molar-refractivity contribution in [2.24, 2.45) is 5.92 Å². The summed E-state index contributed by atoms with van der Waals surface area (Å²) in [5.41, 5.74) is 4.32. The molecular weight excluding hydrogens is 460 g/mol. The number of fused-ring (bicyclic) bond motifs is 1. The van der Waals surface area contributed by atoms with Gasteiger partial charge in [0.1, 0.15) is 11.3 Å². The van der Waals surface area contributed by atoms with Crippen LogP contribution >= 0.6 is 0 Å². The van der Waals surface area contributed by atoms with Crippen molar-refractivity contribution in [1.29, 1.82) is 0 Å². The maximum absolute atomic E-state index is 12.5. The summed E-state index contributed by atoms with van der Waals surface area (Å²) >= 11 is 0. The largest absolute Gasteiger partial charge is 0.494 e. The third-order valence-corrected chi connectivity index (χ3v) is 6.60. The lowest BCUT2D eigenvalue weighted by Crippen LogP contribution is -2.37. The van der Waals surface area contributed by atoms with Crippen LogP contribution in [0.5, 0.6) is 5.75 Å². The summed E-state index contributed by atoms with van der Waals surface area (Å²) in [6, 6.07) is 15.2. The van der Waals surface area contributed by atoms with Crippen LogP contribution in [0.3, 0.4) is 0 Å². The molecule has 2 heterocycles. The Balaban J connectivity index is 1.31. The number of hydrogen-bond acceptors (Lipinski definition) is 7. The summed E-state index contributed by atoms with van der Waals surface area (Å²) in [7, 11) is 0. The maximum Gasteiger partial charge on any atom is 0.339 e. The van der Waals surface area contributed by atoms with Crippen molar-refractivity contribution in [1.82, 2.24) is 10.4 Å². The second-order valence-electron chi connectivity index (χ2n) is 9.32. The molecule has 8 nitrogen and oxygen atoms in total. The van der Waals surface area contributed by atoms with Crippen LogP contribution in [0.15, 0.2) is 57.7 Å². The summed E-state index contributed by atoms with van der Waals surface area (Å²) in [6.07, 6.45) is 2.23. The second-order valence-corrected chi connectivity index (χ2v) is 9.32. The molecule has 1 fully saturated rings. The first-order valence-corrected chi connectivity index (χ1v) is 12.5. The van der Waals surface area contributed by atoms with Crippen LogP contribution in [0.4, 0.5) is 0 Å². The zero-order valence-corrected chi connectivity index (χ0v) is 20.7. The molecule has 8 heteroatoms. The highest BCUT2D eigenvalue weighted by atomic mass is 16.5. The molecule has 1 aliphatic rings. The van der Waals surface area contributed by atoms with E-state index >= 15 is 0 Å². The summed E-state index contributed by atoms with van der Waals surface area (Å²) in [4.78, 5) is 27.2. The standard InChI is InChI=1S/C28H34N2O6/c1-20-3-10-26-23(17-20)19-24(28(32)36-26)18-22(27(31)29-33)7-4-21-5-8-25(9-6-21)35-14-2-11-30-12-15-34-16-13-30/h3,5-6,8-10,17,19,22,33H,2,4,7,11-16,18H2,1H3,(H,29,31). The molecule has 1 aliphatic heterocycles. The maximum atomic E-state index is 12.5. The lowest BCUT2D eigenvalue weighted by atomic mass is 9.92. The minimum Gasteiger partial charge on any atom is -0.494 e. The van der Waals surface area contributed by atoms with Gasteiger partial charge in [0, 0.05) is 36.5 Å². The van der Waals surface area contributed by atoms with E-state index in [1.54, 1.807) is 17.6 Å². The Bertz CT molecular complexity index is 1200. The molecule has 2 N–H and O–H groups in total. The zero-order valence-electron chi connectivity index (χ0n) is 20.7. The monoisotopic (exact) mass is 494 g/mol. The number of amides is 1. The van der Waals surface area contributed by atoms with Crippen LogP contribution in [-0.4, -0.2) is 55.5 Å². The number of rotatable bonds is 11. The van der Waals surface area contributed by atoms with Crippen LogP contribution in [0, 0.1) is 12.8 Å². The molecule has 192 valence electrons. The molecular formula is C28H34N2O6. The lowest BCUT2D eigenvalue weighted by molar-refractivity contribution is -0.133. The van der Waals surface area contributed by atoms with Crippen LogP contribution in [0.25, 0.3) is 11.0 Å². The van der Waals surface area contributed by atoms with Crippen LogP contribution in [-0.2, 0) is 22.4 Å². The third kappa shape index (κ3) is 7.16. The number of ether oxygens (including phenoxy) is 2. The van der Waals surface area contributed by atoms with Crippen molar-refractivity contribution < 1.29 is 23.9 Å². The van der Waals surface area contributed by atoms with E-state index in [4.69, 9.17) is 13.9 Å². The van der Waals surface area contributed by atoms with Gasteiger partial charge in [0.05, 0.1) is 19.8 Å². The van der Waals surface area contributed by atoms with E-state index in [-0.39, 0.29) is 6.42 Å². The topological polar surface area (TPSA) is 101 Å². The third-order valence-electron chi connectivity index (χ3n) is 6.60. The van der Waals surface area contributed by atoms with Crippen molar-refractivity contribution in [2.45, 2.75) is 32.6 Å². The van der Waals surface area contributed by atoms with Gasteiger partial charge in [-0.15, -0.1) is 0 Å². The van der Waals surface area contributed by atoms with Crippen molar-refractivity contribution >= 4 is 16.9 Å². The average molecular weight is 495 g/mol. The molecule has 1 amide bonds. The number of aryl methyl sites for hydroxylation is 2. The number of carbonyl (C=O) groups is 1. The van der Waals surface area contributed by atoms with Crippen LogP contribution in [0.1, 0.15) is 29.5 Å². The molecule has 0 aliphatic carbocycles. The van der Waals surface area contributed by atoms with Gasteiger partial charge in [0.15, 0.2) is 0 Å². The fourth-order valence-electron chi connectivity index (χ4n) is 4.51. The minimum atomic E-state index is -0.573. The van der Waals surface area contributed by atoms with Gasteiger partial charge in [-0.3, -0.25) is 14.9 Å². The highest BCUT2D eigenvalue weighted by Crippen LogP contribution is 2.20. The van der Waals surface area contributed by atoms with Gasteiger partial charge >= 0.3 is 5.63 Å². The normalized spacial score (nSPS) is 15.1. The first kappa shape index (κ1) is 25.9. The Morgan fingerprint density at radius 3 is 2.67 bits per heavy atom. The van der Waals surface area contributed by atoms with Gasteiger partial charge in [-0.25, -0.2) is 10.3 Å². The quantitative estimate of drug-likeness (QED) is 0.182. The minimum absolute atomic E-state index is 0.183. The summed E-state index contributed by atoms with van der Waals surface area (Å²) in [6.45, 7) is 7.20. The molecule has 0 saturated carbocycles. The molecule has 1 unspecified atom stereocenters. The molecule has 1 atom stereocenters. The van der Waals surface area contributed by atoms with Gasteiger partial charge in [-0.1, -0.05) is 23.8 Å². The molecule has 2 aromatic carbocycles. The van der Waals surface area contributed by atoms with Gasteiger partial charge in [-0.05, 0) is 68.5 Å². The Morgan fingerprint density at radius 2 is 1.92 bits per heavy atom. The fourth-order valence-corrected chi connectivity index (χ4v) is 4.51. The molecule has 36 heavy (non-hydrogen) atoms. The van der Waals surface area contributed by atoms with Crippen LogP contribution < -0.4 is 15.8 Å². The number of nitrogens with zero attached hydrogens (tertiary/aromatic N) is 1. The summed E-state index contributed by atoms with van der Waals surface area (Å²) < 4.78 is 16.7. The number of morpholine rings is 1. The first-order valence-electron chi connectivity index (χ1n) is 12.5. The van der Waals surface area contributed by atoms with Crippen molar-refractivity contribution in [3.63, 3.8) is 0 Å². The summed E-state index contributed by atoms with van der Waals surface area (Å²) in [5, 5.41) is 10.1. The van der Waals surface area contributed by atoms with E-state index in [1.807, 2.05) is 43.3 Å². The number of benzene rings is 2. The molecule has 0 bridgehead atoms. The molecule has 0 radical (unpaired) electrons. The van der Waals surface area contributed by atoms with Gasteiger partial charge in [0.25, 0.3) is 0 Å². The Labute approximate surface area is 210 Å². The van der Waals surface area contributed by atoms with E-state index in [1.165, 1.54) is 0 Å². The second kappa shape index (κ2) is 12.7. The fraction of sp³-hybridized carbons (Fsp3) is 0.429. The predicted molar refractivity (Wildman–Crippen MR) is 136 cm³/mol. The number of nitrogens with one attached hydrogen (secondary N) is 1. The van der Waals surface area contributed by atoms with Crippen LogP contribution in [0.2, 0.25) is 0 Å². The number of carbonyl (C=O) groups excluding carboxylic acids is 1. The average Bonchev–Trinajstić information content (AvgIpc) is 2.90. The first-order chi connectivity index (χ1) is 17.5. The van der Waals surface area contributed by atoms with Gasteiger partial charge < -0.3 is 13.9 Å². The van der Waals surface area contributed by atoms with Crippen molar-refractivity contribution in [3.8, 4) is 5.75 Å². The zero-order chi connectivity index (χ0) is 25.3. The van der Waals surface area contributed by atoms with Crippen molar-refractivity contribution in [3.05, 3.63) is 75.6 Å². The molecule has 1 saturated heterocycles.